The number of aryl methyl sites for hydroxylation is 1. The number of aromatic nitrogens is 3. The molecule has 0 aliphatic carbocycles. The quantitative estimate of drug-likeness (QED) is 0.749. The van der Waals surface area contributed by atoms with E-state index in [1.807, 2.05) is 19.1 Å². The molecule has 1 N–H and O–H groups in total. The SMILES string of the molecule is CCc1nc2sc([C@@H](c3ccccc3F)N3CCC(C)CC3)c(O)n2n1. The predicted octanol–water partition coefficient (Wildman–Crippen LogP) is 4.02. The Morgan fingerprint density at radius 1 is 1.31 bits per heavy atom. The molecule has 0 radical (unpaired) electrons. The van der Waals surface area contributed by atoms with Gasteiger partial charge in [-0.15, -0.1) is 5.10 Å². The Labute approximate surface area is 156 Å². The van der Waals surface area contributed by atoms with Gasteiger partial charge >= 0.3 is 0 Å². The molecule has 1 saturated heterocycles. The van der Waals surface area contributed by atoms with Crippen LogP contribution in [0.5, 0.6) is 5.88 Å². The molecular formula is C19H23FN4OS. The van der Waals surface area contributed by atoms with Crippen LogP contribution in [0.25, 0.3) is 4.96 Å². The second kappa shape index (κ2) is 6.96. The fraction of sp³-hybridized carbons (Fsp3) is 0.474. The van der Waals surface area contributed by atoms with Crippen molar-refractivity contribution in [1.29, 1.82) is 0 Å². The Balaban J connectivity index is 1.81. The molecule has 2 aromatic heterocycles. The van der Waals surface area contributed by atoms with Crippen molar-refractivity contribution >= 4 is 16.3 Å². The fourth-order valence-corrected chi connectivity index (χ4v) is 4.73. The Morgan fingerprint density at radius 2 is 2.04 bits per heavy atom. The number of fused-ring (bicyclic) bond motifs is 1. The highest BCUT2D eigenvalue weighted by molar-refractivity contribution is 7.17. The molecule has 0 unspecified atom stereocenters. The Morgan fingerprint density at radius 3 is 2.69 bits per heavy atom. The summed E-state index contributed by atoms with van der Waals surface area (Å²) in [6.07, 6.45) is 2.86. The number of aromatic hydroxyl groups is 1. The summed E-state index contributed by atoms with van der Waals surface area (Å²) < 4.78 is 16.1. The van der Waals surface area contributed by atoms with Crippen molar-refractivity contribution in [2.24, 2.45) is 5.92 Å². The van der Waals surface area contributed by atoms with Crippen LogP contribution in [0.2, 0.25) is 0 Å². The van der Waals surface area contributed by atoms with Crippen LogP contribution >= 0.6 is 11.3 Å². The highest BCUT2D eigenvalue weighted by Gasteiger charge is 2.32. The summed E-state index contributed by atoms with van der Waals surface area (Å²) in [4.78, 5) is 8.10. The lowest BCUT2D eigenvalue weighted by molar-refractivity contribution is 0.155. The van der Waals surface area contributed by atoms with Gasteiger partial charge in [0.2, 0.25) is 10.8 Å². The molecule has 0 bridgehead atoms. The van der Waals surface area contributed by atoms with E-state index in [0.717, 1.165) is 25.9 Å². The maximum absolute atomic E-state index is 14.6. The molecule has 1 aromatic carbocycles. The average molecular weight is 374 g/mol. The van der Waals surface area contributed by atoms with Gasteiger partial charge in [-0.3, -0.25) is 4.90 Å². The topological polar surface area (TPSA) is 53.7 Å². The van der Waals surface area contributed by atoms with E-state index in [1.54, 1.807) is 6.07 Å². The molecule has 7 heteroatoms. The van der Waals surface area contributed by atoms with E-state index in [9.17, 15) is 9.50 Å². The van der Waals surface area contributed by atoms with Gasteiger partial charge in [0, 0.05) is 12.0 Å². The van der Waals surface area contributed by atoms with Crippen molar-refractivity contribution in [3.8, 4) is 5.88 Å². The monoisotopic (exact) mass is 374 g/mol. The van der Waals surface area contributed by atoms with Gasteiger partial charge in [-0.2, -0.15) is 4.52 Å². The van der Waals surface area contributed by atoms with Crippen LogP contribution in [-0.2, 0) is 6.42 Å². The van der Waals surface area contributed by atoms with Gasteiger partial charge in [0.05, 0.1) is 10.9 Å². The number of nitrogens with zero attached hydrogens (tertiary/aromatic N) is 4. The van der Waals surface area contributed by atoms with Gasteiger partial charge < -0.3 is 5.11 Å². The summed E-state index contributed by atoms with van der Waals surface area (Å²) in [5.74, 6) is 1.20. The summed E-state index contributed by atoms with van der Waals surface area (Å²) in [5.41, 5.74) is 0.595. The fourth-order valence-electron chi connectivity index (χ4n) is 3.61. The highest BCUT2D eigenvalue weighted by atomic mass is 32.1. The molecule has 1 fully saturated rings. The van der Waals surface area contributed by atoms with Crippen LogP contribution in [-0.4, -0.2) is 37.7 Å². The zero-order valence-corrected chi connectivity index (χ0v) is 15.8. The van der Waals surface area contributed by atoms with Crippen molar-refractivity contribution in [1.82, 2.24) is 19.5 Å². The number of hydrogen-bond acceptors (Lipinski definition) is 5. The van der Waals surface area contributed by atoms with E-state index in [1.165, 1.54) is 21.9 Å². The summed E-state index contributed by atoms with van der Waals surface area (Å²) in [6.45, 7) is 6.00. The molecule has 5 nitrogen and oxygen atoms in total. The second-order valence-electron chi connectivity index (χ2n) is 7.01. The molecule has 3 heterocycles. The molecule has 138 valence electrons. The molecule has 0 spiro atoms. The highest BCUT2D eigenvalue weighted by Crippen LogP contribution is 2.41. The summed E-state index contributed by atoms with van der Waals surface area (Å²) in [5, 5.41) is 15.2. The first kappa shape index (κ1) is 17.4. The van der Waals surface area contributed by atoms with E-state index in [-0.39, 0.29) is 17.7 Å². The van der Waals surface area contributed by atoms with Crippen molar-refractivity contribution in [3.05, 3.63) is 46.3 Å². The average Bonchev–Trinajstić information content (AvgIpc) is 3.18. The standard InChI is InChI=1S/C19H23FN4OS/c1-3-15-21-19-24(22-15)18(25)17(26-19)16(13-6-4-5-7-14(13)20)23-10-8-12(2)9-11-23/h4-7,12,16,25H,3,8-11H2,1-2H3/t16-/m1/s1. The molecule has 26 heavy (non-hydrogen) atoms. The Kier molecular flexibility index (Phi) is 4.67. The normalized spacial score (nSPS) is 17.8. The van der Waals surface area contributed by atoms with Crippen LogP contribution in [0.1, 0.15) is 49.0 Å². The van der Waals surface area contributed by atoms with E-state index < -0.39 is 0 Å². The number of rotatable bonds is 4. The number of hydrogen-bond donors (Lipinski definition) is 1. The minimum atomic E-state index is -0.317. The first-order valence-electron chi connectivity index (χ1n) is 9.14. The van der Waals surface area contributed by atoms with Gasteiger partial charge in [-0.25, -0.2) is 9.37 Å². The van der Waals surface area contributed by atoms with Crippen LogP contribution in [0.4, 0.5) is 4.39 Å². The second-order valence-corrected chi connectivity index (χ2v) is 8.02. The number of thiazole rings is 1. The van der Waals surface area contributed by atoms with E-state index in [2.05, 4.69) is 21.9 Å². The van der Waals surface area contributed by atoms with Crippen molar-refractivity contribution in [2.75, 3.05) is 13.1 Å². The van der Waals surface area contributed by atoms with Crippen LogP contribution in [0, 0.1) is 11.7 Å². The maximum atomic E-state index is 14.6. The zero-order valence-electron chi connectivity index (χ0n) is 15.0. The zero-order chi connectivity index (χ0) is 18.3. The smallest absolute Gasteiger partial charge is 0.230 e. The lowest BCUT2D eigenvalue weighted by atomic mass is 9.95. The predicted molar refractivity (Wildman–Crippen MR) is 100 cm³/mol. The number of benzene rings is 1. The maximum Gasteiger partial charge on any atom is 0.230 e. The van der Waals surface area contributed by atoms with Gasteiger partial charge in [0.1, 0.15) is 5.82 Å². The summed E-state index contributed by atoms with van der Waals surface area (Å²) in [6, 6.07) is 6.52. The third kappa shape index (κ3) is 2.99. The van der Waals surface area contributed by atoms with E-state index >= 15 is 0 Å². The Bertz CT molecular complexity index is 914. The van der Waals surface area contributed by atoms with Crippen molar-refractivity contribution in [2.45, 2.75) is 39.2 Å². The molecule has 1 aliphatic heterocycles. The van der Waals surface area contributed by atoms with Crippen molar-refractivity contribution < 1.29 is 9.50 Å². The third-order valence-electron chi connectivity index (χ3n) is 5.19. The lowest BCUT2D eigenvalue weighted by Gasteiger charge is -2.36. The molecule has 0 amide bonds. The molecule has 0 saturated carbocycles. The van der Waals surface area contributed by atoms with Gasteiger partial charge in [0.15, 0.2) is 5.82 Å². The minimum Gasteiger partial charge on any atom is -0.492 e. The Hall–Kier alpha value is -1.99. The van der Waals surface area contributed by atoms with Crippen LogP contribution in [0.3, 0.4) is 0 Å². The summed E-state index contributed by atoms with van der Waals surface area (Å²) >= 11 is 1.40. The van der Waals surface area contributed by atoms with E-state index in [0.29, 0.717) is 33.6 Å². The molecule has 1 atom stereocenters. The van der Waals surface area contributed by atoms with Crippen LogP contribution < -0.4 is 0 Å². The molecular weight excluding hydrogens is 351 g/mol. The number of piperidine rings is 1. The largest absolute Gasteiger partial charge is 0.492 e. The molecule has 1 aliphatic rings. The van der Waals surface area contributed by atoms with Gasteiger partial charge in [-0.1, -0.05) is 43.4 Å². The summed E-state index contributed by atoms with van der Waals surface area (Å²) in [7, 11) is 0. The van der Waals surface area contributed by atoms with Crippen LogP contribution in [0.15, 0.2) is 24.3 Å². The number of likely N-dealkylation sites (tertiary alicyclic amines) is 1. The first-order valence-corrected chi connectivity index (χ1v) is 9.96. The third-order valence-corrected chi connectivity index (χ3v) is 6.26. The lowest BCUT2D eigenvalue weighted by Crippen LogP contribution is -2.36. The van der Waals surface area contributed by atoms with Crippen molar-refractivity contribution in [3.63, 3.8) is 0 Å². The molecule has 4 rings (SSSR count). The van der Waals surface area contributed by atoms with E-state index in [4.69, 9.17) is 0 Å². The number of halogens is 1. The minimum absolute atomic E-state index is 0.0732. The van der Waals surface area contributed by atoms with Gasteiger partial charge in [-0.05, 0) is 37.9 Å². The first-order chi connectivity index (χ1) is 12.6. The molecule has 3 aromatic rings. The van der Waals surface area contributed by atoms with Gasteiger partial charge in [0.25, 0.3) is 0 Å².